The van der Waals surface area contributed by atoms with Crippen molar-refractivity contribution in [3.8, 4) is 61.8 Å². The van der Waals surface area contributed by atoms with Gasteiger partial charge in [-0.3, -0.25) is 4.57 Å². The van der Waals surface area contributed by atoms with Crippen LogP contribution in [-0.4, -0.2) is 14.5 Å². The minimum Gasteiger partial charge on any atom is -0.294 e. The highest BCUT2D eigenvalue weighted by Gasteiger charge is 2.19. The molecule has 0 bridgehead atoms. The van der Waals surface area contributed by atoms with E-state index in [9.17, 15) is 0 Å². The zero-order valence-corrected chi connectivity index (χ0v) is 35.4. The molecular formula is C62H39N3. The van der Waals surface area contributed by atoms with Crippen molar-refractivity contribution in [3.05, 3.63) is 237 Å². The summed E-state index contributed by atoms with van der Waals surface area (Å²) in [6.45, 7) is 0. The molecule has 0 aliphatic heterocycles. The second-order valence-corrected chi connectivity index (χ2v) is 16.9. The number of aromatic nitrogens is 3. The molecule has 0 aliphatic carbocycles. The van der Waals surface area contributed by atoms with E-state index in [1.54, 1.807) is 0 Å². The second-order valence-electron chi connectivity index (χ2n) is 16.9. The predicted octanol–water partition coefficient (Wildman–Crippen LogP) is 16.5. The van der Waals surface area contributed by atoms with Gasteiger partial charge < -0.3 is 0 Å². The van der Waals surface area contributed by atoms with Crippen LogP contribution in [0.1, 0.15) is 0 Å². The molecule has 0 unspecified atom stereocenters. The predicted molar refractivity (Wildman–Crippen MR) is 274 cm³/mol. The fourth-order valence-electron chi connectivity index (χ4n) is 10.1. The SMILES string of the molecule is c1ccc(-c2nc(-c3ccc(-c4ccc(-c5ccc(-c6c7ccccc7cc7c6ccc6ccccc67)cc5)cc4)c4ccccc34)cc(-n3c4ccccc4c4ccccc43)n2)cc1. The van der Waals surface area contributed by atoms with Gasteiger partial charge in [0.05, 0.1) is 16.7 Å². The average molecular weight is 826 g/mol. The van der Waals surface area contributed by atoms with Crippen molar-refractivity contribution in [2.45, 2.75) is 0 Å². The van der Waals surface area contributed by atoms with Gasteiger partial charge in [-0.15, -0.1) is 0 Å². The highest BCUT2D eigenvalue weighted by atomic mass is 15.1. The molecule has 0 spiro atoms. The van der Waals surface area contributed by atoms with Crippen molar-refractivity contribution in [1.82, 2.24) is 14.5 Å². The van der Waals surface area contributed by atoms with E-state index in [2.05, 4.69) is 223 Å². The molecule has 0 fully saturated rings. The van der Waals surface area contributed by atoms with Crippen LogP contribution in [-0.2, 0) is 0 Å². The van der Waals surface area contributed by atoms with Gasteiger partial charge in [0.2, 0.25) is 0 Å². The van der Waals surface area contributed by atoms with E-state index in [4.69, 9.17) is 9.97 Å². The van der Waals surface area contributed by atoms with E-state index >= 15 is 0 Å². The Kier molecular flexibility index (Phi) is 8.53. The van der Waals surface area contributed by atoms with Gasteiger partial charge in [0, 0.05) is 28.0 Å². The van der Waals surface area contributed by atoms with Crippen LogP contribution >= 0.6 is 0 Å². The molecule has 0 saturated heterocycles. The lowest BCUT2D eigenvalue weighted by Crippen LogP contribution is -2.02. The van der Waals surface area contributed by atoms with Crippen LogP contribution in [0.4, 0.5) is 0 Å². The first-order valence-electron chi connectivity index (χ1n) is 22.2. The first kappa shape index (κ1) is 36.9. The summed E-state index contributed by atoms with van der Waals surface area (Å²) in [5, 5.41) is 12.4. The summed E-state index contributed by atoms with van der Waals surface area (Å²) in [6.07, 6.45) is 0. The summed E-state index contributed by atoms with van der Waals surface area (Å²) < 4.78 is 2.28. The lowest BCUT2D eigenvalue weighted by Gasteiger charge is -2.15. The summed E-state index contributed by atoms with van der Waals surface area (Å²) in [7, 11) is 0. The maximum absolute atomic E-state index is 5.28. The standard InChI is InChI=1S/C62H39N3/c1-2-15-45(16-3-1)62-63-57(39-60(64-62)65-58-24-12-10-22-53(58)54-23-11-13-25-59(54)65)52-37-36-48(50-20-8-9-21-51(50)52)43-30-26-40(27-31-43)41-28-32-44(33-29-41)61-49-19-7-5-17-46(49)38-56-47-18-6-4-14-42(47)34-35-55(56)61/h1-39H. The summed E-state index contributed by atoms with van der Waals surface area (Å²) >= 11 is 0. The third-order valence-corrected chi connectivity index (χ3v) is 13.2. The number of para-hydroxylation sites is 2. The number of benzene rings is 11. The van der Waals surface area contributed by atoms with Crippen molar-refractivity contribution in [2.75, 3.05) is 0 Å². The molecule has 2 heterocycles. The first-order valence-corrected chi connectivity index (χ1v) is 22.2. The van der Waals surface area contributed by atoms with Crippen molar-refractivity contribution >= 4 is 64.9 Å². The average Bonchev–Trinajstić information content (AvgIpc) is 3.72. The van der Waals surface area contributed by atoms with Crippen molar-refractivity contribution in [3.63, 3.8) is 0 Å². The van der Waals surface area contributed by atoms with Crippen molar-refractivity contribution in [2.24, 2.45) is 0 Å². The lowest BCUT2D eigenvalue weighted by molar-refractivity contribution is 1.05. The fourth-order valence-corrected chi connectivity index (χ4v) is 10.1. The van der Waals surface area contributed by atoms with E-state index in [1.165, 1.54) is 81.9 Å². The zero-order chi connectivity index (χ0) is 42.8. The number of rotatable bonds is 6. The summed E-state index contributed by atoms with van der Waals surface area (Å²) in [4.78, 5) is 10.5. The minimum atomic E-state index is 0.691. The molecule has 3 nitrogen and oxygen atoms in total. The lowest BCUT2D eigenvalue weighted by atomic mass is 9.89. The van der Waals surface area contributed by atoms with E-state index in [0.29, 0.717) is 5.82 Å². The highest BCUT2D eigenvalue weighted by Crippen LogP contribution is 2.41. The first-order chi connectivity index (χ1) is 32.2. The van der Waals surface area contributed by atoms with Gasteiger partial charge in [0.1, 0.15) is 5.82 Å². The van der Waals surface area contributed by atoms with Crippen LogP contribution in [0.25, 0.3) is 127 Å². The van der Waals surface area contributed by atoms with Crippen LogP contribution in [0.2, 0.25) is 0 Å². The Morgan fingerprint density at radius 2 is 0.800 bits per heavy atom. The Morgan fingerprint density at radius 3 is 1.49 bits per heavy atom. The summed E-state index contributed by atoms with van der Waals surface area (Å²) in [5.41, 5.74) is 12.4. The number of hydrogen-bond acceptors (Lipinski definition) is 2. The van der Waals surface area contributed by atoms with Crippen LogP contribution in [0.5, 0.6) is 0 Å². The summed E-state index contributed by atoms with van der Waals surface area (Å²) in [5.74, 6) is 1.53. The topological polar surface area (TPSA) is 30.7 Å². The van der Waals surface area contributed by atoms with E-state index in [-0.39, 0.29) is 0 Å². The molecule has 0 radical (unpaired) electrons. The Balaban J connectivity index is 0.884. The number of fused-ring (bicyclic) bond motifs is 8. The molecule has 0 atom stereocenters. The van der Waals surface area contributed by atoms with Crippen LogP contribution < -0.4 is 0 Å². The van der Waals surface area contributed by atoms with Crippen molar-refractivity contribution < 1.29 is 0 Å². The Morgan fingerprint density at radius 1 is 0.277 bits per heavy atom. The molecular weight excluding hydrogens is 787 g/mol. The zero-order valence-electron chi connectivity index (χ0n) is 35.4. The molecule has 0 saturated carbocycles. The molecule has 13 aromatic rings. The van der Waals surface area contributed by atoms with E-state index in [1.807, 2.05) is 18.2 Å². The van der Waals surface area contributed by atoms with Crippen LogP contribution in [0.3, 0.4) is 0 Å². The number of hydrogen-bond donors (Lipinski definition) is 0. The smallest absolute Gasteiger partial charge is 0.162 e. The van der Waals surface area contributed by atoms with E-state index in [0.717, 1.165) is 39.1 Å². The van der Waals surface area contributed by atoms with Gasteiger partial charge in [0.15, 0.2) is 5.82 Å². The monoisotopic (exact) mass is 825 g/mol. The third-order valence-electron chi connectivity index (χ3n) is 13.2. The van der Waals surface area contributed by atoms with Gasteiger partial charge in [0.25, 0.3) is 0 Å². The molecule has 3 heteroatoms. The van der Waals surface area contributed by atoms with Crippen molar-refractivity contribution in [1.29, 1.82) is 0 Å². The van der Waals surface area contributed by atoms with Gasteiger partial charge in [-0.05, 0) is 94.7 Å². The second kappa shape index (κ2) is 15.0. The number of nitrogens with zero attached hydrogens (tertiary/aromatic N) is 3. The van der Waals surface area contributed by atoms with Crippen LogP contribution in [0.15, 0.2) is 237 Å². The third kappa shape index (κ3) is 6.12. The normalized spacial score (nSPS) is 11.7. The minimum absolute atomic E-state index is 0.691. The van der Waals surface area contributed by atoms with Gasteiger partial charge in [-0.1, -0.05) is 212 Å². The van der Waals surface area contributed by atoms with Gasteiger partial charge >= 0.3 is 0 Å². The molecule has 0 amide bonds. The molecule has 302 valence electrons. The Labute approximate surface area is 376 Å². The molecule has 0 N–H and O–H groups in total. The quantitative estimate of drug-likeness (QED) is 0.123. The fraction of sp³-hybridized carbons (Fsp3) is 0. The Hall–Kier alpha value is -8.66. The molecule has 65 heavy (non-hydrogen) atoms. The molecule has 2 aromatic heterocycles. The van der Waals surface area contributed by atoms with E-state index < -0.39 is 0 Å². The highest BCUT2D eigenvalue weighted by molar-refractivity contribution is 6.20. The summed E-state index contributed by atoms with van der Waals surface area (Å²) in [6, 6.07) is 85.3. The molecule has 0 aliphatic rings. The van der Waals surface area contributed by atoms with Gasteiger partial charge in [-0.25, -0.2) is 9.97 Å². The maximum atomic E-state index is 5.28. The van der Waals surface area contributed by atoms with Crippen LogP contribution in [0, 0.1) is 0 Å². The maximum Gasteiger partial charge on any atom is 0.162 e. The molecule has 13 rings (SSSR count). The van der Waals surface area contributed by atoms with Gasteiger partial charge in [-0.2, -0.15) is 0 Å². The Bertz CT molecular complexity index is 3920. The molecule has 11 aromatic carbocycles. The largest absolute Gasteiger partial charge is 0.294 e.